The molecule has 1 amide bonds. The zero-order valence-corrected chi connectivity index (χ0v) is 18.2. The lowest BCUT2D eigenvalue weighted by Gasteiger charge is -2.14. The van der Waals surface area contributed by atoms with Crippen molar-refractivity contribution in [2.75, 3.05) is 0 Å². The molecule has 1 saturated heterocycles. The minimum Gasteiger partial charge on any atom is -0.489 e. The number of benzene rings is 3. The first-order chi connectivity index (χ1) is 14.6. The van der Waals surface area contributed by atoms with Crippen molar-refractivity contribution in [3.05, 3.63) is 106 Å². The van der Waals surface area contributed by atoms with Crippen molar-refractivity contribution in [3.63, 3.8) is 0 Å². The van der Waals surface area contributed by atoms with E-state index < -0.39 is 0 Å². The van der Waals surface area contributed by atoms with Crippen LogP contribution in [0.2, 0.25) is 0 Å². The number of thioether (sulfide) groups is 1. The molecule has 1 heterocycles. The molecule has 150 valence electrons. The molecule has 0 unspecified atom stereocenters. The number of thiocarbonyl (C=S) groups is 1. The maximum absolute atomic E-state index is 12.9. The van der Waals surface area contributed by atoms with Crippen LogP contribution in [0.5, 0.6) is 5.75 Å². The minimum absolute atomic E-state index is 0.0555. The third-order valence-corrected chi connectivity index (χ3v) is 6.25. The molecular formula is C25H21NO2S2. The van der Waals surface area contributed by atoms with E-state index in [9.17, 15) is 4.79 Å². The molecule has 3 aromatic carbocycles. The molecule has 0 saturated carbocycles. The van der Waals surface area contributed by atoms with E-state index in [2.05, 4.69) is 19.1 Å². The Morgan fingerprint density at radius 3 is 2.57 bits per heavy atom. The lowest BCUT2D eigenvalue weighted by atomic mass is 10.1. The average molecular weight is 432 g/mol. The molecule has 0 radical (unpaired) electrons. The molecule has 3 nitrogen and oxygen atoms in total. The van der Waals surface area contributed by atoms with Crippen LogP contribution in [-0.2, 0) is 17.9 Å². The Balaban J connectivity index is 1.47. The molecular weight excluding hydrogens is 410 g/mol. The van der Waals surface area contributed by atoms with Gasteiger partial charge in [0.15, 0.2) is 0 Å². The predicted molar refractivity (Wildman–Crippen MR) is 127 cm³/mol. The van der Waals surface area contributed by atoms with Crippen LogP contribution >= 0.6 is 24.0 Å². The van der Waals surface area contributed by atoms with Gasteiger partial charge >= 0.3 is 0 Å². The molecule has 0 bridgehead atoms. The number of aryl methyl sites for hydroxylation is 1. The van der Waals surface area contributed by atoms with Crippen molar-refractivity contribution in [1.82, 2.24) is 4.90 Å². The van der Waals surface area contributed by atoms with Gasteiger partial charge < -0.3 is 4.74 Å². The van der Waals surface area contributed by atoms with Crippen LogP contribution in [0, 0.1) is 6.92 Å². The average Bonchev–Trinajstić information content (AvgIpc) is 3.01. The number of hydrogen-bond acceptors (Lipinski definition) is 4. The topological polar surface area (TPSA) is 29.5 Å². The molecule has 5 heteroatoms. The van der Waals surface area contributed by atoms with Crippen LogP contribution in [0.15, 0.2) is 83.8 Å². The first kappa shape index (κ1) is 20.4. The van der Waals surface area contributed by atoms with Gasteiger partial charge in [-0.1, -0.05) is 90.7 Å². The van der Waals surface area contributed by atoms with Gasteiger partial charge in [0.25, 0.3) is 5.91 Å². The van der Waals surface area contributed by atoms with Crippen LogP contribution in [-0.4, -0.2) is 15.1 Å². The maximum atomic E-state index is 12.9. The SMILES string of the molecule is Cc1ccccc1COc1cccc(/C=C2/SC(=S)N(Cc3ccccc3)C2=O)c1. The van der Waals surface area contributed by atoms with Crippen molar-refractivity contribution >= 4 is 40.3 Å². The number of carbonyl (C=O) groups excluding carboxylic acids is 1. The first-order valence-electron chi connectivity index (χ1n) is 9.67. The summed E-state index contributed by atoms with van der Waals surface area (Å²) in [6.45, 7) is 3.07. The molecule has 0 atom stereocenters. The largest absolute Gasteiger partial charge is 0.489 e. The van der Waals surface area contributed by atoms with Crippen LogP contribution < -0.4 is 4.74 Å². The Morgan fingerprint density at radius 2 is 1.77 bits per heavy atom. The highest BCUT2D eigenvalue weighted by atomic mass is 32.2. The van der Waals surface area contributed by atoms with E-state index in [-0.39, 0.29) is 5.91 Å². The normalized spacial score (nSPS) is 15.1. The van der Waals surface area contributed by atoms with E-state index in [1.807, 2.05) is 72.8 Å². The lowest BCUT2D eigenvalue weighted by Crippen LogP contribution is -2.27. The number of ether oxygens (including phenoxy) is 1. The third-order valence-electron chi connectivity index (χ3n) is 4.87. The van der Waals surface area contributed by atoms with Gasteiger partial charge in [-0.3, -0.25) is 9.69 Å². The Kier molecular flexibility index (Phi) is 6.31. The molecule has 0 aliphatic carbocycles. The van der Waals surface area contributed by atoms with Gasteiger partial charge in [0.2, 0.25) is 0 Å². The smallest absolute Gasteiger partial charge is 0.266 e. The Hall–Kier alpha value is -2.89. The summed E-state index contributed by atoms with van der Waals surface area (Å²) in [5.41, 5.74) is 4.33. The summed E-state index contributed by atoms with van der Waals surface area (Å²) >= 11 is 6.79. The van der Waals surface area contributed by atoms with E-state index in [1.54, 1.807) is 4.90 Å². The zero-order chi connectivity index (χ0) is 20.9. The van der Waals surface area contributed by atoms with Crippen molar-refractivity contribution in [1.29, 1.82) is 0 Å². The van der Waals surface area contributed by atoms with Crippen molar-refractivity contribution in [3.8, 4) is 5.75 Å². The fourth-order valence-corrected chi connectivity index (χ4v) is 4.44. The van der Waals surface area contributed by atoms with Crippen molar-refractivity contribution in [2.45, 2.75) is 20.1 Å². The molecule has 0 N–H and O–H groups in total. The minimum atomic E-state index is -0.0555. The van der Waals surface area contributed by atoms with Gasteiger partial charge in [-0.05, 0) is 47.4 Å². The molecule has 1 fully saturated rings. The summed E-state index contributed by atoms with van der Waals surface area (Å²) in [6, 6.07) is 25.8. The van der Waals surface area contributed by atoms with E-state index >= 15 is 0 Å². The van der Waals surface area contributed by atoms with E-state index in [0.29, 0.717) is 22.4 Å². The molecule has 0 aromatic heterocycles. The van der Waals surface area contributed by atoms with Crippen LogP contribution in [0.1, 0.15) is 22.3 Å². The van der Waals surface area contributed by atoms with E-state index in [0.717, 1.165) is 22.4 Å². The summed E-state index contributed by atoms with van der Waals surface area (Å²) in [7, 11) is 0. The number of nitrogens with zero attached hydrogens (tertiary/aromatic N) is 1. The maximum Gasteiger partial charge on any atom is 0.266 e. The Morgan fingerprint density at radius 1 is 1.00 bits per heavy atom. The zero-order valence-electron chi connectivity index (χ0n) is 16.6. The summed E-state index contributed by atoms with van der Waals surface area (Å²) < 4.78 is 6.55. The fourth-order valence-electron chi connectivity index (χ4n) is 3.18. The molecule has 3 aromatic rings. The van der Waals surface area contributed by atoms with Crippen molar-refractivity contribution < 1.29 is 9.53 Å². The number of amides is 1. The van der Waals surface area contributed by atoms with Crippen molar-refractivity contribution in [2.24, 2.45) is 0 Å². The molecule has 4 rings (SSSR count). The highest BCUT2D eigenvalue weighted by molar-refractivity contribution is 8.26. The van der Waals surface area contributed by atoms with Gasteiger partial charge in [-0.2, -0.15) is 0 Å². The second-order valence-electron chi connectivity index (χ2n) is 7.04. The molecule has 30 heavy (non-hydrogen) atoms. The predicted octanol–water partition coefficient (Wildman–Crippen LogP) is 5.98. The second kappa shape index (κ2) is 9.28. The number of hydrogen-bond donors (Lipinski definition) is 0. The highest BCUT2D eigenvalue weighted by Crippen LogP contribution is 2.34. The van der Waals surface area contributed by atoms with E-state index in [4.69, 9.17) is 17.0 Å². The summed E-state index contributed by atoms with van der Waals surface area (Å²) in [6.07, 6.45) is 1.88. The third kappa shape index (κ3) is 4.81. The quantitative estimate of drug-likeness (QED) is 0.355. The van der Waals surface area contributed by atoms with Gasteiger partial charge in [-0.25, -0.2) is 0 Å². The second-order valence-corrected chi connectivity index (χ2v) is 8.72. The van der Waals surface area contributed by atoms with Gasteiger partial charge in [-0.15, -0.1) is 0 Å². The molecule has 1 aliphatic heterocycles. The summed E-state index contributed by atoms with van der Waals surface area (Å²) in [5.74, 6) is 0.715. The number of rotatable bonds is 6. The van der Waals surface area contributed by atoms with Gasteiger partial charge in [0.05, 0.1) is 11.4 Å². The standard InChI is InChI=1S/C25H21NO2S2/c1-18-8-5-6-12-21(18)17-28-22-13-7-11-20(14-22)15-23-24(27)26(25(29)30-23)16-19-9-3-2-4-10-19/h2-15H,16-17H2,1H3/b23-15+. The van der Waals surface area contributed by atoms with Crippen LogP contribution in [0.4, 0.5) is 0 Å². The number of carbonyl (C=O) groups is 1. The Bertz CT molecular complexity index is 1110. The summed E-state index contributed by atoms with van der Waals surface area (Å²) in [4.78, 5) is 15.2. The molecule has 1 aliphatic rings. The lowest BCUT2D eigenvalue weighted by molar-refractivity contribution is -0.122. The fraction of sp³-hybridized carbons (Fsp3) is 0.120. The first-order valence-corrected chi connectivity index (χ1v) is 10.9. The molecule has 0 spiro atoms. The van der Waals surface area contributed by atoms with Crippen LogP contribution in [0.3, 0.4) is 0 Å². The highest BCUT2D eigenvalue weighted by Gasteiger charge is 2.31. The van der Waals surface area contributed by atoms with Crippen LogP contribution in [0.25, 0.3) is 6.08 Å². The monoisotopic (exact) mass is 431 g/mol. The van der Waals surface area contributed by atoms with E-state index in [1.165, 1.54) is 17.3 Å². The van der Waals surface area contributed by atoms with Gasteiger partial charge in [0.1, 0.15) is 16.7 Å². The summed E-state index contributed by atoms with van der Waals surface area (Å²) in [5, 5.41) is 0. The Labute approximate surface area is 186 Å². The van der Waals surface area contributed by atoms with Gasteiger partial charge in [0, 0.05) is 0 Å².